The fourth-order valence-corrected chi connectivity index (χ4v) is 5.80. The molecule has 37 heavy (non-hydrogen) atoms. The number of hydrogen-bond acceptors (Lipinski definition) is 4. The van der Waals surface area contributed by atoms with Gasteiger partial charge < -0.3 is 19.5 Å². The minimum absolute atomic E-state index is 0.132. The molecule has 0 unspecified atom stereocenters. The van der Waals surface area contributed by atoms with E-state index in [1.165, 1.54) is 18.6 Å². The fraction of sp³-hybridized carbons (Fsp3) is 0.483. The summed E-state index contributed by atoms with van der Waals surface area (Å²) in [5.41, 5.74) is 2.43. The number of nitrogens with zero attached hydrogens (tertiary/aromatic N) is 3. The fourth-order valence-electron chi connectivity index (χ4n) is 5.80. The first kappa shape index (κ1) is 25.7. The van der Waals surface area contributed by atoms with Crippen LogP contribution >= 0.6 is 0 Å². The van der Waals surface area contributed by atoms with Gasteiger partial charge in [0.2, 0.25) is 5.91 Å². The van der Waals surface area contributed by atoms with E-state index < -0.39 is 17.7 Å². The molecule has 1 fully saturated rings. The van der Waals surface area contributed by atoms with Crippen LogP contribution in [-0.4, -0.2) is 78.5 Å². The van der Waals surface area contributed by atoms with Crippen LogP contribution in [0.1, 0.15) is 43.1 Å². The predicted octanol–water partition coefficient (Wildman–Crippen LogP) is 4.59. The number of likely N-dealkylation sites (tertiary alicyclic amines) is 1. The highest BCUT2D eigenvalue weighted by molar-refractivity contribution is 5.87. The van der Waals surface area contributed by atoms with Gasteiger partial charge >= 0.3 is 0 Å². The number of nitrogens with one attached hydrogen (secondary N) is 1. The zero-order chi connectivity index (χ0) is 26.3. The number of H-pyrrole nitrogens is 1. The van der Waals surface area contributed by atoms with Crippen molar-refractivity contribution < 1.29 is 18.3 Å². The van der Waals surface area contributed by atoms with Gasteiger partial charge in [-0.25, -0.2) is 8.78 Å². The van der Waals surface area contributed by atoms with E-state index in [1.807, 2.05) is 45.3 Å². The molecule has 2 aromatic carbocycles. The average molecular weight is 511 g/mol. The van der Waals surface area contributed by atoms with Gasteiger partial charge in [0.05, 0.1) is 12.1 Å². The quantitative estimate of drug-likeness (QED) is 0.482. The Balaban J connectivity index is 1.48. The molecule has 3 aromatic rings. The molecule has 1 saturated heterocycles. The first-order chi connectivity index (χ1) is 17.8. The van der Waals surface area contributed by atoms with Crippen LogP contribution in [0.5, 0.6) is 5.75 Å². The predicted molar refractivity (Wildman–Crippen MR) is 141 cm³/mol. The van der Waals surface area contributed by atoms with E-state index in [0.717, 1.165) is 42.0 Å². The van der Waals surface area contributed by atoms with Crippen LogP contribution in [0, 0.1) is 17.6 Å². The van der Waals surface area contributed by atoms with Crippen molar-refractivity contribution in [3.05, 3.63) is 64.9 Å². The number of rotatable bonds is 8. The van der Waals surface area contributed by atoms with Gasteiger partial charge in [-0.1, -0.05) is 31.5 Å². The number of para-hydroxylation sites is 1. The Bertz CT molecular complexity index is 1260. The van der Waals surface area contributed by atoms with Gasteiger partial charge in [0, 0.05) is 54.4 Å². The molecular formula is C29H36F2N4O2. The van der Waals surface area contributed by atoms with Crippen LogP contribution in [0.3, 0.4) is 0 Å². The maximum absolute atomic E-state index is 15.7. The summed E-state index contributed by atoms with van der Waals surface area (Å²) in [7, 11) is 3.62. The zero-order valence-electron chi connectivity index (χ0n) is 22.1. The summed E-state index contributed by atoms with van der Waals surface area (Å²) >= 11 is 0. The summed E-state index contributed by atoms with van der Waals surface area (Å²) < 4.78 is 37.2. The lowest BCUT2D eigenvalue weighted by Gasteiger charge is -2.41. The first-order valence-corrected chi connectivity index (χ1v) is 13.2. The molecule has 0 radical (unpaired) electrons. The molecule has 1 amide bonds. The van der Waals surface area contributed by atoms with Crippen molar-refractivity contribution in [1.82, 2.24) is 19.7 Å². The highest BCUT2D eigenvalue weighted by Crippen LogP contribution is 2.43. The number of benzene rings is 2. The van der Waals surface area contributed by atoms with Crippen LogP contribution in [0.25, 0.3) is 10.9 Å². The lowest BCUT2D eigenvalue weighted by Crippen LogP contribution is -2.49. The van der Waals surface area contributed by atoms with Crippen LogP contribution in [0.4, 0.5) is 8.78 Å². The van der Waals surface area contributed by atoms with E-state index in [4.69, 9.17) is 4.74 Å². The SMILES string of the molecule is CCC1CN(CCOc2cc(F)c([C@@H]3c4[nH]c5ccccc5c4C[C@@H](C)N3C(=O)CN(C)C)c(F)c2)C1. The maximum Gasteiger partial charge on any atom is 0.237 e. The minimum atomic E-state index is -0.903. The minimum Gasteiger partial charge on any atom is -0.492 e. The number of likely N-dealkylation sites (N-methyl/N-ethyl adjacent to an activating group) is 1. The molecular weight excluding hydrogens is 474 g/mol. The number of carbonyl (C=O) groups is 1. The molecule has 0 spiro atoms. The van der Waals surface area contributed by atoms with Crippen molar-refractivity contribution in [3.8, 4) is 5.75 Å². The van der Waals surface area contributed by atoms with Crippen molar-refractivity contribution >= 4 is 16.8 Å². The maximum atomic E-state index is 15.7. The summed E-state index contributed by atoms with van der Waals surface area (Å²) in [4.78, 5) is 22.5. The Morgan fingerprint density at radius 2 is 1.86 bits per heavy atom. The molecule has 2 aliphatic rings. The van der Waals surface area contributed by atoms with Gasteiger partial charge in [0.25, 0.3) is 0 Å². The summed E-state index contributed by atoms with van der Waals surface area (Å²) in [6, 6.07) is 9.20. The Kier molecular flexibility index (Phi) is 7.23. The van der Waals surface area contributed by atoms with Gasteiger partial charge in [-0.05, 0) is 45.0 Å². The highest BCUT2D eigenvalue weighted by atomic mass is 19.1. The monoisotopic (exact) mass is 510 g/mol. The Labute approximate surface area is 217 Å². The number of aromatic amines is 1. The standard InChI is InChI=1S/C29H36F2N4O2/c1-5-19-15-34(16-19)10-11-37-20-13-23(30)27(24(31)14-20)29-28-22(21-8-6-7-9-25(21)32-28)12-18(2)35(29)26(36)17-33(3)4/h6-9,13-14,18-19,29,32H,5,10-12,15-17H2,1-4H3/t18-,29-/m1/s1. The molecule has 198 valence electrons. The molecule has 6 nitrogen and oxygen atoms in total. The van der Waals surface area contributed by atoms with Crippen molar-refractivity contribution in [1.29, 1.82) is 0 Å². The third-order valence-electron chi connectivity index (χ3n) is 7.72. The summed E-state index contributed by atoms with van der Waals surface area (Å²) in [6.07, 6.45) is 1.77. The van der Waals surface area contributed by atoms with Crippen molar-refractivity contribution in [2.24, 2.45) is 5.92 Å². The average Bonchev–Trinajstić information content (AvgIpc) is 3.17. The van der Waals surface area contributed by atoms with E-state index in [1.54, 1.807) is 9.80 Å². The molecule has 2 aliphatic heterocycles. The smallest absolute Gasteiger partial charge is 0.237 e. The summed E-state index contributed by atoms with van der Waals surface area (Å²) in [5.74, 6) is -0.698. The molecule has 1 N–H and O–H groups in total. The van der Waals surface area contributed by atoms with Crippen LogP contribution < -0.4 is 4.74 Å². The molecule has 5 rings (SSSR count). The molecule has 8 heteroatoms. The number of hydrogen-bond donors (Lipinski definition) is 1. The molecule has 1 aromatic heterocycles. The van der Waals surface area contributed by atoms with Crippen molar-refractivity contribution in [2.75, 3.05) is 46.9 Å². The zero-order valence-corrected chi connectivity index (χ0v) is 22.1. The van der Waals surface area contributed by atoms with Crippen LogP contribution in [0.2, 0.25) is 0 Å². The lowest BCUT2D eigenvalue weighted by atomic mass is 9.88. The lowest BCUT2D eigenvalue weighted by molar-refractivity contribution is -0.136. The van der Waals surface area contributed by atoms with Crippen molar-refractivity contribution in [2.45, 2.75) is 38.8 Å². The second-order valence-corrected chi connectivity index (χ2v) is 10.7. The van der Waals surface area contributed by atoms with Gasteiger partial charge in [-0.2, -0.15) is 0 Å². The van der Waals surface area contributed by atoms with E-state index in [0.29, 0.717) is 18.7 Å². The highest BCUT2D eigenvalue weighted by Gasteiger charge is 2.41. The number of halogens is 2. The first-order valence-electron chi connectivity index (χ1n) is 13.2. The molecule has 0 saturated carbocycles. The van der Waals surface area contributed by atoms with E-state index in [2.05, 4.69) is 16.8 Å². The van der Waals surface area contributed by atoms with Gasteiger partial charge in [0.15, 0.2) is 0 Å². The number of amides is 1. The topological polar surface area (TPSA) is 51.8 Å². The van der Waals surface area contributed by atoms with E-state index in [-0.39, 0.29) is 29.8 Å². The second kappa shape index (κ2) is 10.4. The van der Waals surface area contributed by atoms with Gasteiger partial charge in [0.1, 0.15) is 30.0 Å². The third-order valence-corrected chi connectivity index (χ3v) is 7.72. The summed E-state index contributed by atoms with van der Waals surface area (Å²) in [6.45, 7) is 7.47. The number of ether oxygens (including phenoxy) is 1. The largest absolute Gasteiger partial charge is 0.492 e. The number of carbonyl (C=O) groups excluding carboxylic acids is 1. The molecule has 2 atom stereocenters. The molecule has 0 bridgehead atoms. The third kappa shape index (κ3) is 4.97. The van der Waals surface area contributed by atoms with E-state index >= 15 is 8.78 Å². The number of fused-ring (bicyclic) bond motifs is 3. The van der Waals surface area contributed by atoms with Gasteiger partial charge in [-0.3, -0.25) is 9.69 Å². The van der Waals surface area contributed by atoms with Crippen LogP contribution in [-0.2, 0) is 11.2 Å². The molecule has 3 heterocycles. The van der Waals surface area contributed by atoms with E-state index in [9.17, 15) is 4.79 Å². The normalized spacial score (nSPS) is 20.4. The van der Waals surface area contributed by atoms with Crippen LogP contribution in [0.15, 0.2) is 36.4 Å². The van der Waals surface area contributed by atoms with Gasteiger partial charge in [-0.15, -0.1) is 0 Å². The Hall–Kier alpha value is -2.97. The number of aromatic nitrogens is 1. The second-order valence-electron chi connectivity index (χ2n) is 10.7. The Morgan fingerprint density at radius 1 is 1.16 bits per heavy atom. The summed E-state index contributed by atoms with van der Waals surface area (Å²) in [5, 5.41) is 1.02. The van der Waals surface area contributed by atoms with Crippen molar-refractivity contribution in [3.63, 3.8) is 0 Å². The molecule has 0 aliphatic carbocycles. The Morgan fingerprint density at radius 3 is 2.54 bits per heavy atom.